The second-order valence-electron chi connectivity index (χ2n) is 5.25. The highest BCUT2D eigenvalue weighted by Crippen LogP contribution is 2.37. The minimum atomic E-state index is -4.72. The zero-order valence-electron chi connectivity index (χ0n) is 13.7. The first-order valence-electron chi connectivity index (χ1n) is 7.52. The maximum absolute atomic E-state index is 13.0. The molecule has 0 saturated heterocycles. The Morgan fingerprint density at radius 1 is 1.11 bits per heavy atom. The Kier molecular flexibility index (Phi) is 6.57. The van der Waals surface area contributed by atoms with Crippen LogP contribution in [-0.4, -0.2) is 20.1 Å². The highest BCUT2D eigenvalue weighted by Gasteiger charge is 2.35. The largest absolute Gasteiger partial charge is 0.456 e. The van der Waals surface area contributed by atoms with E-state index in [1.54, 1.807) is 0 Å². The minimum absolute atomic E-state index is 0.0101. The number of rotatable bonds is 7. The molecule has 0 aromatic heterocycles. The van der Waals surface area contributed by atoms with Crippen LogP contribution in [0.5, 0.6) is 17.2 Å². The van der Waals surface area contributed by atoms with Gasteiger partial charge < -0.3 is 8.92 Å². The van der Waals surface area contributed by atoms with Crippen LogP contribution in [0.2, 0.25) is 0 Å². The molecule has 0 aliphatic rings. The molecule has 0 spiro atoms. The molecule has 0 amide bonds. The van der Waals surface area contributed by atoms with Gasteiger partial charge >= 0.3 is 16.3 Å². The lowest BCUT2D eigenvalue weighted by molar-refractivity contribution is -0.137. The lowest BCUT2D eigenvalue weighted by Crippen LogP contribution is -2.14. The summed E-state index contributed by atoms with van der Waals surface area (Å²) in [7, 11) is -3.87. The molecular formula is C17H13ClF3NO4S. The average Bonchev–Trinajstić information content (AvgIpc) is 2.59. The number of ether oxygens (including phenoxy) is 1. The van der Waals surface area contributed by atoms with Gasteiger partial charge in [-0.3, -0.25) is 0 Å². The number of hydrogen-bond acceptors (Lipinski definition) is 5. The third-order valence-electron chi connectivity index (χ3n) is 3.23. The first-order chi connectivity index (χ1) is 12.7. The summed E-state index contributed by atoms with van der Waals surface area (Å²) in [4.78, 5) is 0. The van der Waals surface area contributed by atoms with Crippen molar-refractivity contribution in [3.8, 4) is 23.3 Å². The molecule has 2 aromatic rings. The van der Waals surface area contributed by atoms with Gasteiger partial charge in [-0.15, -0.1) is 11.6 Å². The van der Waals surface area contributed by atoms with Gasteiger partial charge in [0.1, 0.15) is 28.9 Å². The van der Waals surface area contributed by atoms with Gasteiger partial charge in [0, 0.05) is 11.9 Å². The second-order valence-corrected chi connectivity index (χ2v) is 7.32. The Morgan fingerprint density at radius 2 is 1.78 bits per heavy atom. The Hall–Kier alpha value is -2.44. The molecule has 2 rings (SSSR count). The molecule has 10 heteroatoms. The Labute approximate surface area is 159 Å². The van der Waals surface area contributed by atoms with Crippen molar-refractivity contribution in [2.75, 3.05) is 11.6 Å². The van der Waals surface area contributed by atoms with Crippen LogP contribution in [-0.2, 0) is 16.3 Å². The predicted molar refractivity (Wildman–Crippen MR) is 92.4 cm³/mol. The molecule has 0 aliphatic heterocycles. The average molecular weight is 420 g/mol. The first-order valence-corrected chi connectivity index (χ1v) is 9.64. The lowest BCUT2D eigenvalue weighted by Gasteiger charge is -2.13. The summed E-state index contributed by atoms with van der Waals surface area (Å²) >= 11 is 5.45. The summed E-state index contributed by atoms with van der Waals surface area (Å²) < 4.78 is 72.9. The summed E-state index contributed by atoms with van der Waals surface area (Å²) in [5.74, 6) is -0.510. The SMILES string of the molecule is N#Cc1c(Oc2cccc(OS(=O)(=O)CCCCl)c2)cccc1C(F)(F)F. The molecule has 0 radical (unpaired) electrons. The van der Waals surface area contributed by atoms with Crippen molar-refractivity contribution in [2.45, 2.75) is 12.6 Å². The normalized spacial score (nSPS) is 11.7. The Balaban J connectivity index is 2.29. The molecular weight excluding hydrogens is 407 g/mol. The van der Waals surface area contributed by atoms with E-state index in [0.29, 0.717) is 0 Å². The summed E-state index contributed by atoms with van der Waals surface area (Å²) in [5.41, 5.74) is -1.80. The zero-order valence-corrected chi connectivity index (χ0v) is 15.2. The molecule has 0 bridgehead atoms. The van der Waals surface area contributed by atoms with Gasteiger partial charge in [-0.1, -0.05) is 12.1 Å². The van der Waals surface area contributed by atoms with Crippen LogP contribution in [0.25, 0.3) is 0 Å². The van der Waals surface area contributed by atoms with Crippen LogP contribution in [0, 0.1) is 11.3 Å². The van der Waals surface area contributed by atoms with Crippen molar-refractivity contribution in [1.29, 1.82) is 5.26 Å². The molecule has 0 saturated carbocycles. The standard InChI is InChI=1S/C17H13ClF3NO4S/c18-8-3-9-27(23,24)26-13-5-1-4-12(10-13)25-16-7-2-6-15(14(16)11-22)17(19,20)21/h1-2,4-7,10H,3,8-9H2. The van der Waals surface area contributed by atoms with E-state index in [0.717, 1.165) is 12.1 Å². The van der Waals surface area contributed by atoms with Crippen molar-refractivity contribution < 1.29 is 30.5 Å². The number of nitriles is 1. The number of benzene rings is 2. The van der Waals surface area contributed by atoms with Crippen LogP contribution in [0.3, 0.4) is 0 Å². The van der Waals surface area contributed by atoms with Gasteiger partial charge in [-0.25, -0.2) is 0 Å². The second kappa shape index (κ2) is 8.50. The predicted octanol–water partition coefficient (Wildman–Crippen LogP) is 4.71. The third kappa shape index (κ3) is 5.77. The van der Waals surface area contributed by atoms with Gasteiger partial charge in [0.2, 0.25) is 0 Å². The molecule has 27 heavy (non-hydrogen) atoms. The molecule has 2 aromatic carbocycles. The topological polar surface area (TPSA) is 76.4 Å². The Morgan fingerprint density at radius 3 is 2.41 bits per heavy atom. The van der Waals surface area contributed by atoms with E-state index in [2.05, 4.69) is 0 Å². The van der Waals surface area contributed by atoms with Gasteiger partial charge in [-0.2, -0.15) is 26.9 Å². The van der Waals surface area contributed by atoms with Gasteiger partial charge in [0.25, 0.3) is 0 Å². The van der Waals surface area contributed by atoms with Crippen molar-refractivity contribution in [2.24, 2.45) is 0 Å². The van der Waals surface area contributed by atoms with Crippen LogP contribution >= 0.6 is 11.6 Å². The summed E-state index contributed by atoms with van der Waals surface area (Å²) in [6, 6.07) is 9.91. The lowest BCUT2D eigenvalue weighted by atomic mass is 10.1. The van der Waals surface area contributed by atoms with Crippen LogP contribution in [0.15, 0.2) is 42.5 Å². The summed E-state index contributed by atoms with van der Waals surface area (Å²) in [6.07, 6.45) is -4.51. The van der Waals surface area contributed by atoms with E-state index in [4.69, 9.17) is 25.8 Å². The van der Waals surface area contributed by atoms with Crippen LogP contribution in [0.4, 0.5) is 13.2 Å². The van der Waals surface area contributed by atoms with E-state index in [1.165, 1.54) is 36.4 Å². The maximum atomic E-state index is 13.0. The highest BCUT2D eigenvalue weighted by atomic mass is 35.5. The van der Waals surface area contributed by atoms with E-state index in [9.17, 15) is 21.6 Å². The quantitative estimate of drug-likeness (QED) is 0.480. The van der Waals surface area contributed by atoms with Gasteiger partial charge in [0.15, 0.2) is 0 Å². The third-order valence-corrected chi connectivity index (χ3v) is 4.73. The van der Waals surface area contributed by atoms with Crippen molar-refractivity contribution >= 4 is 21.7 Å². The van der Waals surface area contributed by atoms with Crippen molar-refractivity contribution in [3.05, 3.63) is 53.6 Å². The fourth-order valence-corrected chi connectivity index (χ4v) is 3.37. The number of halogens is 4. The van der Waals surface area contributed by atoms with Crippen LogP contribution < -0.4 is 8.92 Å². The molecule has 0 heterocycles. The number of hydrogen-bond donors (Lipinski definition) is 0. The maximum Gasteiger partial charge on any atom is 0.417 e. The molecule has 5 nitrogen and oxygen atoms in total. The fraction of sp³-hybridized carbons (Fsp3) is 0.235. The van der Waals surface area contributed by atoms with Crippen LogP contribution in [0.1, 0.15) is 17.5 Å². The van der Waals surface area contributed by atoms with E-state index in [1.807, 2.05) is 0 Å². The monoisotopic (exact) mass is 419 g/mol. The smallest absolute Gasteiger partial charge is 0.417 e. The summed E-state index contributed by atoms with van der Waals surface area (Å²) in [5, 5.41) is 9.09. The summed E-state index contributed by atoms with van der Waals surface area (Å²) in [6.45, 7) is 0. The minimum Gasteiger partial charge on any atom is -0.456 e. The molecule has 0 aliphatic carbocycles. The van der Waals surface area contributed by atoms with E-state index >= 15 is 0 Å². The van der Waals surface area contributed by atoms with Gasteiger partial charge in [0.05, 0.1) is 11.3 Å². The van der Waals surface area contributed by atoms with Crippen molar-refractivity contribution in [1.82, 2.24) is 0 Å². The number of nitrogens with zero attached hydrogens (tertiary/aromatic N) is 1. The highest BCUT2D eigenvalue weighted by molar-refractivity contribution is 7.87. The molecule has 0 N–H and O–H groups in total. The first kappa shape index (κ1) is 20.9. The van der Waals surface area contributed by atoms with E-state index < -0.39 is 27.4 Å². The molecule has 0 fully saturated rings. The molecule has 0 atom stereocenters. The fourth-order valence-electron chi connectivity index (χ4n) is 2.10. The Bertz CT molecular complexity index is 955. The zero-order chi connectivity index (χ0) is 20.1. The molecule has 0 unspecified atom stereocenters. The van der Waals surface area contributed by atoms with E-state index in [-0.39, 0.29) is 35.3 Å². The van der Waals surface area contributed by atoms with Gasteiger partial charge in [-0.05, 0) is 30.7 Å². The number of alkyl halides is 4. The van der Waals surface area contributed by atoms with Crippen molar-refractivity contribution in [3.63, 3.8) is 0 Å². The molecule has 144 valence electrons.